The molecule has 110 valence electrons. The highest BCUT2D eigenvalue weighted by atomic mass is 16.1. The van der Waals surface area contributed by atoms with Crippen LogP contribution in [-0.4, -0.2) is 29.8 Å². The molecule has 1 fully saturated rings. The third-order valence-electron chi connectivity index (χ3n) is 4.41. The van der Waals surface area contributed by atoms with Crippen molar-refractivity contribution in [3.8, 4) is 0 Å². The number of nitrogens with zero attached hydrogens (tertiary/aromatic N) is 1. The number of hydrogen-bond donors (Lipinski definition) is 0. The van der Waals surface area contributed by atoms with Crippen LogP contribution in [0, 0.1) is 13.8 Å². The molecule has 20 heavy (non-hydrogen) atoms. The molecule has 0 radical (unpaired) electrons. The Morgan fingerprint density at radius 3 is 2.85 bits per heavy atom. The summed E-state index contributed by atoms with van der Waals surface area (Å²) < 4.78 is 0. The minimum absolute atomic E-state index is 0.286. The summed E-state index contributed by atoms with van der Waals surface area (Å²) >= 11 is 0. The van der Waals surface area contributed by atoms with E-state index >= 15 is 0 Å². The van der Waals surface area contributed by atoms with E-state index in [1.54, 1.807) is 0 Å². The lowest BCUT2D eigenvalue weighted by atomic mass is 9.96. The van der Waals surface area contributed by atoms with Crippen molar-refractivity contribution >= 4 is 5.78 Å². The fraction of sp³-hybridized carbons (Fsp3) is 0.611. The van der Waals surface area contributed by atoms with Crippen LogP contribution in [0.3, 0.4) is 0 Å². The predicted molar refractivity (Wildman–Crippen MR) is 84.4 cm³/mol. The van der Waals surface area contributed by atoms with E-state index in [1.165, 1.54) is 37.7 Å². The van der Waals surface area contributed by atoms with Crippen molar-refractivity contribution in [1.82, 2.24) is 4.90 Å². The van der Waals surface area contributed by atoms with E-state index < -0.39 is 0 Å². The Balaban J connectivity index is 2.07. The molecule has 1 atom stereocenters. The second kappa shape index (κ2) is 7.03. The highest BCUT2D eigenvalue weighted by Gasteiger charge is 2.24. The summed E-state index contributed by atoms with van der Waals surface area (Å²) in [6.07, 6.45) is 6.24. The first-order chi connectivity index (χ1) is 9.61. The molecule has 1 aliphatic rings. The molecular formula is C18H27NO. The molecule has 0 spiro atoms. The van der Waals surface area contributed by atoms with Crippen molar-refractivity contribution in [2.24, 2.45) is 0 Å². The monoisotopic (exact) mass is 273 g/mol. The molecule has 0 aliphatic carbocycles. The van der Waals surface area contributed by atoms with Gasteiger partial charge < -0.3 is 0 Å². The van der Waals surface area contributed by atoms with Gasteiger partial charge in [-0.05, 0) is 51.3 Å². The fourth-order valence-corrected chi connectivity index (χ4v) is 3.23. The molecular weight excluding hydrogens is 246 g/mol. The summed E-state index contributed by atoms with van der Waals surface area (Å²) in [5.74, 6) is 0.286. The molecule has 0 aromatic heterocycles. The number of benzene rings is 1. The van der Waals surface area contributed by atoms with Gasteiger partial charge in [-0.1, -0.05) is 37.5 Å². The molecule has 0 N–H and O–H groups in total. The zero-order chi connectivity index (χ0) is 14.5. The van der Waals surface area contributed by atoms with Crippen LogP contribution in [0.4, 0.5) is 0 Å². The molecule has 1 aromatic rings. The SMILES string of the molecule is CCCC1CCCCN1CC(=O)c1cc(C)ccc1C. The normalized spacial score (nSPS) is 20.1. The summed E-state index contributed by atoms with van der Waals surface area (Å²) in [6.45, 7) is 8.00. The molecule has 0 bridgehead atoms. The third kappa shape index (κ3) is 3.69. The zero-order valence-electron chi connectivity index (χ0n) is 13.1. The van der Waals surface area contributed by atoms with Crippen molar-refractivity contribution < 1.29 is 4.79 Å². The van der Waals surface area contributed by atoms with E-state index in [0.717, 1.165) is 17.7 Å². The first-order valence-corrected chi connectivity index (χ1v) is 7.96. The molecule has 1 saturated heterocycles. The van der Waals surface area contributed by atoms with Gasteiger partial charge in [-0.25, -0.2) is 0 Å². The number of rotatable bonds is 5. The number of carbonyl (C=O) groups is 1. The second-order valence-electron chi connectivity index (χ2n) is 6.15. The van der Waals surface area contributed by atoms with Crippen LogP contribution in [-0.2, 0) is 0 Å². The van der Waals surface area contributed by atoms with Gasteiger partial charge in [-0.15, -0.1) is 0 Å². The van der Waals surface area contributed by atoms with Crippen molar-refractivity contribution in [2.45, 2.75) is 58.9 Å². The maximum absolute atomic E-state index is 12.6. The standard InChI is InChI=1S/C18H27NO/c1-4-7-16-8-5-6-11-19(16)13-18(20)17-12-14(2)9-10-15(17)3/h9-10,12,16H,4-8,11,13H2,1-3H3. The zero-order valence-corrected chi connectivity index (χ0v) is 13.1. The fourth-order valence-electron chi connectivity index (χ4n) is 3.23. The Morgan fingerprint density at radius 1 is 1.30 bits per heavy atom. The van der Waals surface area contributed by atoms with Gasteiger partial charge in [0.2, 0.25) is 0 Å². The number of aryl methyl sites for hydroxylation is 2. The van der Waals surface area contributed by atoms with E-state index in [0.29, 0.717) is 12.6 Å². The topological polar surface area (TPSA) is 20.3 Å². The minimum atomic E-state index is 0.286. The number of piperidine rings is 1. The Kier molecular flexibility index (Phi) is 5.36. The highest BCUT2D eigenvalue weighted by molar-refractivity contribution is 5.99. The number of ketones is 1. The number of hydrogen-bond acceptors (Lipinski definition) is 2. The van der Waals surface area contributed by atoms with Gasteiger partial charge in [0.15, 0.2) is 5.78 Å². The molecule has 1 heterocycles. The van der Waals surface area contributed by atoms with Gasteiger partial charge in [0.25, 0.3) is 0 Å². The maximum atomic E-state index is 12.6. The molecule has 1 aliphatic heterocycles. The highest BCUT2D eigenvalue weighted by Crippen LogP contribution is 2.22. The summed E-state index contributed by atoms with van der Waals surface area (Å²) in [6, 6.07) is 6.79. The molecule has 0 amide bonds. The van der Waals surface area contributed by atoms with Crippen molar-refractivity contribution in [3.05, 3.63) is 34.9 Å². The molecule has 1 unspecified atom stereocenters. The first-order valence-electron chi connectivity index (χ1n) is 7.96. The Morgan fingerprint density at radius 2 is 2.10 bits per heavy atom. The van der Waals surface area contributed by atoms with E-state index in [4.69, 9.17) is 0 Å². The largest absolute Gasteiger partial charge is 0.293 e. The second-order valence-corrected chi connectivity index (χ2v) is 6.15. The lowest BCUT2D eigenvalue weighted by molar-refractivity contribution is 0.0830. The summed E-state index contributed by atoms with van der Waals surface area (Å²) in [5.41, 5.74) is 3.18. The van der Waals surface area contributed by atoms with Crippen LogP contribution in [0.25, 0.3) is 0 Å². The van der Waals surface area contributed by atoms with E-state index in [-0.39, 0.29) is 5.78 Å². The lowest BCUT2D eigenvalue weighted by Crippen LogP contribution is -2.42. The van der Waals surface area contributed by atoms with E-state index in [9.17, 15) is 4.79 Å². The van der Waals surface area contributed by atoms with Crippen LogP contribution in [0.15, 0.2) is 18.2 Å². The van der Waals surface area contributed by atoms with Gasteiger partial charge in [0.1, 0.15) is 0 Å². The number of carbonyl (C=O) groups excluding carboxylic acids is 1. The third-order valence-corrected chi connectivity index (χ3v) is 4.41. The lowest BCUT2D eigenvalue weighted by Gasteiger charge is -2.35. The Labute approximate surface area is 123 Å². The van der Waals surface area contributed by atoms with Crippen LogP contribution in [0.2, 0.25) is 0 Å². The molecule has 1 aromatic carbocycles. The summed E-state index contributed by atoms with van der Waals surface area (Å²) in [5, 5.41) is 0. The van der Waals surface area contributed by atoms with Crippen LogP contribution in [0.1, 0.15) is 60.5 Å². The molecule has 0 saturated carbocycles. The number of likely N-dealkylation sites (tertiary alicyclic amines) is 1. The van der Waals surface area contributed by atoms with Gasteiger partial charge in [0.05, 0.1) is 6.54 Å². The Hall–Kier alpha value is -1.15. The smallest absolute Gasteiger partial charge is 0.177 e. The average molecular weight is 273 g/mol. The predicted octanol–water partition coefficient (Wildman–Crippen LogP) is 4.14. The van der Waals surface area contributed by atoms with E-state index in [1.807, 2.05) is 13.0 Å². The van der Waals surface area contributed by atoms with Gasteiger partial charge in [0, 0.05) is 11.6 Å². The van der Waals surface area contributed by atoms with Crippen LogP contribution in [0.5, 0.6) is 0 Å². The summed E-state index contributed by atoms with van der Waals surface area (Å²) in [4.78, 5) is 15.0. The van der Waals surface area contributed by atoms with Gasteiger partial charge in [-0.3, -0.25) is 9.69 Å². The molecule has 2 rings (SSSR count). The van der Waals surface area contributed by atoms with Crippen molar-refractivity contribution in [3.63, 3.8) is 0 Å². The minimum Gasteiger partial charge on any atom is -0.293 e. The summed E-state index contributed by atoms with van der Waals surface area (Å²) in [7, 11) is 0. The maximum Gasteiger partial charge on any atom is 0.177 e. The molecule has 2 nitrogen and oxygen atoms in total. The quantitative estimate of drug-likeness (QED) is 0.751. The molecule has 2 heteroatoms. The van der Waals surface area contributed by atoms with Crippen molar-refractivity contribution in [1.29, 1.82) is 0 Å². The van der Waals surface area contributed by atoms with Crippen LogP contribution >= 0.6 is 0 Å². The number of Topliss-reactive ketones (excluding diaryl/α,β-unsaturated/α-hetero) is 1. The van der Waals surface area contributed by atoms with Crippen LogP contribution < -0.4 is 0 Å². The average Bonchev–Trinajstić information content (AvgIpc) is 2.44. The van der Waals surface area contributed by atoms with Gasteiger partial charge in [-0.2, -0.15) is 0 Å². The van der Waals surface area contributed by atoms with E-state index in [2.05, 4.69) is 30.9 Å². The van der Waals surface area contributed by atoms with Crippen molar-refractivity contribution in [2.75, 3.05) is 13.1 Å². The van der Waals surface area contributed by atoms with Gasteiger partial charge >= 0.3 is 0 Å². The Bertz CT molecular complexity index is 464. The first kappa shape index (κ1) is 15.2.